The van der Waals surface area contributed by atoms with E-state index >= 15 is 0 Å². The number of rotatable bonds is 3. The predicted octanol–water partition coefficient (Wildman–Crippen LogP) is 4.44. The van der Waals surface area contributed by atoms with E-state index in [1.54, 1.807) is 4.90 Å². The second kappa shape index (κ2) is 7.54. The number of fused-ring (bicyclic) bond motifs is 1. The number of nitrogens with zero attached hydrogens (tertiary/aromatic N) is 3. The quantitative estimate of drug-likeness (QED) is 0.709. The van der Waals surface area contributed by atoms with E-state index in [0.717, 1.165) is 24.1 Å². The summed E-state index contributed by atoms with van der Waals surface area (Å²) in [5, 5.41) is 2.84. The minimum atomic E-state index is -4.39. The molecule has 148 valence electrons. The first-order valence-electron chi connectivity index (χ1n) is 9.03. The zero-order valence-corrected chi connectivity index (χ0v) is 15.3. The van der Waals surface area contributed by atoms with Crippen LogP contribution in [0.2, 0.25) is 0 Å². The van der Waals surface area contributed by atoms with E-state index < -0.39 is 11.7 Å². The molecule has 4 rings (SSSR count). The van der Waals surface area contributed by atoms with E-state index in [2.05, 4.69) is 21.4 Å². The van der Waals surface area contributed by atoms with Crippen LogP contribution in [0, 0.1) is 0 Å². The molecule has 0 spiro atoms. The van der Waals surface area contributed by atoms with Crippen LogP contribution < -0.4 is 5.32 Å². The SMILES string of the molecule is O=C(c1ccnc(Nc2ccc(C(F)(F)F)cc2)n1)N1CCc2ccccc2C1. The number of halogens is 3. The Bertz CT molecular complexity index is 1030. The van der Waals surface area contributed by atoms with Gasteiger partial charge >= 0.3 is 6.18 Å². The van der Waals surface area contributed by atoms with Crippen LogP contribution in [0.1, 0.15) is 27.2 Å². The van der Waals surface area contributed by atoms with Crippen molar-refractivity contribution in [3.63, 3.8) is 0 Å². The molecule has 0 bridgehead atoms. The average Bonchev–Trinajstić information content (AvgIpc) is 2.73. The lowest BCUT2D eigenvalue weighted by molar-refractivity contribution is -0.137. The third kappa shape index (κ3) is 4.21. The molecule has 2 aromatic carbocycles. The van der Waals surface area contributed by atoms with Gasteiger partial charge in [-0.3, -0.25) is 4.79 Å². The van der Waals surface area contributed by atoms with Crippen LogP contribution in [0.25, 0.3) is 0 Å². The van der Waals surface area contributed by atoms with Crippen LogP contribution in [-0.2, 0) is 19.1 Å². The summed E-state index contributed by atoms with van der Waals surface area (Å²) in [5.74, 6) is -0.0645. The van der Waals surface area contributed by atoms with Gasteiger partial charge in [-0.2, -0.15) is 13.2 Å². The lowest BCUT2D eigenvalue weighted by Crippen LogP contribution is -2.36. The number of carbonyl (C=O) groups excluding carboxylic acids is 1. The largest absolute Gasteiger partial charge is 0.416 e. The molecule has 29 heavy (non-hydrogen) atoms. The van der Waals surface area contributed by atoms with E-state index in [4.69, 9.17) is 0 Å². The van der Waals surface area contributed by atoms with Crippen molar-refractivity contribution in [1.29, 1.82) is 0 Å². The molecule has 0 fully saturated rings. The maximum Gasteiger partial charge on any atom is 0.416 e. The summed E-state index contributed by atoms with van der Waals surface area (Å²) in [7, 11) is 0. The van der Waals surface area contributed by atoms with Crippen LogP contribution in [-0.4, -0.2) is 27.3 Å². The van der Waals surface area contributed by atoms with E-state index in [0.29, 0.717) is 18.8 Å². The Morgan fingerprint density at radius 3 is 2.45 bits per heavy atom. The molecule has 1 aliphatic heterocycles. The number of anilines is 2. The number of nitrogens with one attached hydrogen (secondary N) is 1. The van der Waals surface area contributed by atoms with Crippen LogP contribution in [0.5, 0.6) is 0 Å². The molecule has 0 saturated carbocycles. The Morgan fingerprint density at radius 2 is 1.72 bits per heavy atom. The summed E-state index contributed by atoms with van der Waals surface area (Å²) in [4.78, 5) is 22.9. The smallest absolute Gasteiger partial charge is 0.333 e. The number of amides is 1. The Hall–Kier alpha value is -3.42. The molecule has 0 radical (unpaired) electrons. The standard InChI is InChI=1S/C21H17F3N4O/c22-21(23,24)16-5-7-17(8-6-16)26-20-25-11-9-18(27-20)19(29)28-12-10-14-3-1-2-4-15(14)13-28/h1-9,11H,10,12-13H2,(H,25,26,27). The maximum atomic E-state index is 12.9. The van der Waals surface area contributed by atoms with Crippen molar-refractivity contribution in [3.05, 3.63) is 83.2 Å². The highest BCUT2D eigenvalue weighted by atomic mass is 19.4. The molecule has 0 aliphatic carbocycles. The molecule has 0 saturated heterocycles. The molecule has 0 atom stereocenters. The van der Waals surface area contributed by atoms with Crippen molar-refractivity contribution in [3.8, 4) is 0 Å². The fourth-order valence-corrected chi connectivity index (χ4v) is 3.24. The lowest BCUT2D eigenvalue weighted by atomic mass is 10.00. The summed E-state index contributed by atoms with van der Waals surface area (Å²) < 4.78 is 38.0. The van der Waals surface area contributed by atoms with Gasteiger partial charge in [0.05, 0.1) is 5.56 Å². The molecule has 2 heterocycles. The zero-order chi connectivity index (χ0) is 20.4. The van der Waals surface area contributed by atoms with Gasteiger partial charge in [-0.15, -0.1) is 0 Å². The second-order valence-electron chi connectivity index (χ2n) is 6.71. The highest BCUT2D eigenvalue weighted by Crippen LogP contribution is 2.30. The van der Waals surface area contributed by atoms with Crippen molar-refractivity contribution in [2.24, 2.45) is 0 Å². The van der Waals surface area contributed by atoms with Gasteiger partial charge < -0.3 is 10.2 Å². The molecule has 1 N–H and O–H groups in total. The van der Waals surface area contributed by atoms with Gasteiger partial charge in [0.25, 0.3) is 5.91 Å². The van der Waals surface area contributed by atoms with Gasteiger partial charge in [0, 0.05) is 25.0 Å². The topological polar surface area (TPSA) is 58.1 Å². The summed E-state index contributed by atoms with van der Waals surface area (Å²) >= 11 is 0. The number of hydrogen-bond acceptors (Lipinski definition) is 4. The Kier molecular flexibility index (Phi) is 4.92. The molecular formula is C21H17F3N4O. The molecular weight excluding hydrogens is 381 g/mol. The second-order valence-corrected chi connectivity index (χ2v) is 6.71. The van der Waals surface area contributed by atoms with Crippen molar-refractivity contribution in [2.75, 3.05) is 11.9 Å². The summed E-state index contributed by atoms with van der Waals surface area (Å²) in [6.45, 7) is 1.11. The van der Waals surface area contributed by atoms with Crippen LogP contribution in [0.3, 0.4) is 0 Å². The van der Waals surface area contributed by atoms with Crippen molar-refractivity contribution in [2.45, 2.75) is 19.1 Å². The molecule has 8 heteroatoms. The number of alkyl halides is 3. The normalized spacial score (nSPS) is 13.7. The third-order valence-corrected chi connectivity index (χ3v) is 4.76. The van der Waals surface area contributed by atoms with E-state index in [-0.39, 0.29) is 17.5 Å². The summed E-state index contributed by atoms with van der Waals surface area (Å²) in [6.07, 6.45) is -2.16. The van der Waals surface area contributed by atoms with Gasteiger partial charge in [0.15, 0.2) is 0 Å². The first-order chi connectivity index (χ1) is 13.9. The van der Waals surface area contributed by atoms with Crippen molar-refractivity contribution < 1.29 is 18.0 Å². The molecule has 1 aromatic heterocycles. The number of carbonyl (C=O) groups is 1. The Morgan fingerprint density at radius 1 is 1.00 bits per heavy atom. The van der Waals surface area contributed by atoms with E-state index in [1.165, 1.54) is 30.0 Å². The molecule has 1 amide bonds. The van der Waals surface area contributed by atoms with Crippen LogP contribution >= 0.6 is 0 Å². The Labute approximate surface area is 165 Å². The van der Waals surface area contributed by atoms with Gasteiger partial charge in [0.2, 0.25) is 5.95 Å². The van der Waals surface area contributed by atoms with Gasteiger partial charge in [-0.1, -0.05) is 24.3 Å². The number of benzene rings is 2. The van der Waals surface area contributed by atoms with Crippen molar-refractivity contribution in [1.82, 2.24) is 14.9 Å². The lowest BCUT2D eigenvalue weighted by Gasteiger charge is -2.28. The first kappa shape index (κ1) is 18.9. The van der Waals surface area contributed by atoms with Crippen LogP contribution in [0.4, 0.5) is 24.8 Å². The Balaban J connectivity index is 1.48. The highest BCUT2D eigenvalue weighted by molar-refractivity contribution is 5.92. The summed E-state index contributed by atoms with van der Waals surface area (Å²) in [6, 6.07) is 14.1. The third-order valence-electron chi connectivity index (χ3n) is 4.76. The van der Waals surface area contributed by atoms with E-state index in [1.807, 2.05) is 18.2 Å². The molecule has 0 unspecified atom stereocenters. The molecule has 5 nitrogen and oxygen atoms in total. The highest BCUT2D eigenvalue weighted by Gasteiger charge is 2.30. The van der Waals surface area contributed by atoms with Crippen molar-refractivity contribution >= 4 is 17.5 Å². The van der Waals surface area contributed by atoms with Gasteiger partial charge in [-0.05, 0) is 47.9 Å². The monoisotopic (exact) mass is 398 g/mol. The fraction of sp³-hybridized carbons (Fsp3) is 0.190. The van der Waals surface area contributed by atoms with Gasteiger partial charge in [-0.25, -0.2) is 9.97 Å². The predicted molar refractivity (Wildman–Crippen MR) is 102 cm³/mol. The van der Waals surface area contributed by atoms with Crippen LogP contribution in [0.15, 0.2) is 60.8 Å². The first-order valence-corrected chi connectivity index (χ1v) is 9.03. The summed E-state index contributed by atoms with van der Waals surface area (Å²) in [5.41, 5.74) is 2.25. The van der Waals surface area contributed by atoms with Gasteiger partial charge in [0.1, 0.15) is 5.69 Å². The van der Waals surface area contributed by atoms with E-state index in [9.17, 15) is 18.0 Å². The number of hydrogen-bond donors (Lipinski definition) is 1. The molecule has 3 aromatic rings. The fourth-order valence-electron chi connectivity index (χ4n) is 3.24. The number of aromatic nitrogens is 2. The average molecular weight is 398 g/mol. The zero-order valence-electron chi connectivity index (χ0n) is 15.3. The minimum Gasteiger partial charge on any atom is -0.333 e. The minimum absolute atomic E-state index is 0.146. The maximum absolute atomic E-state index is 12.9. The molecule has 1 aliphatic rings.